The highest BCUT2D eigenvalue weighted by Gasteiger charge is 2.28. The minimum Gasteiger partial charge on any atom is -0.481 e. The van der Waals surface area contributed by atoms with E-state index in [1.54, 1.807) is 25.3 Å². The van der Waals surface area contributed by atoms with Gasteiger partial charge >= 0.3 is 5.97 Å². The number of carboxylic acid groups (broad SMARTS) is 1. The van der Waals surface area contributed by atoms with E-state index in [2.05, 4.69) is 10.3 Å². The van der Waals surface area contributed by atoms with Gasteiger partial charge < -0.3 is 14.8 Å². The average Bonchev–Trinajstić information content (AvgIpc) is 3.04. The average molecular weight is 308 g/mol. The minimum atomic E-state index is -1.02. The number of rotatable bonds is 5. The third kappa shape index (κ3) is 3.49. The molecule has 2 rings (SSSR count). The fourth-order valence-corrected chi connectivity index (χ4v) is 2.27. The van der Waals surface area contributed by atoms with Crippen LogP contribution < -0.4 is 5.32 Å². The van der Waals surface area contributed by atoms with Crippen LogP contribution in [0.2, 0.25) is 0 Å². The third-order valence-electron chi connectivity index (χ3n) is 2.96. The molecule has 2 N–H and O–H groups in total. The van der Waals surface area contributed by atoms with Crippen molar-refractivity contribution >= 4 is 23.2 Å². The van der Waals surface area contributed by atoms with Crippen molar-refractivity contribution < 1.29 is 19.1 Å². The van der Waals surface area contributed by atoms with Crippen LogP contribution in [0.5, 0.6) is 0 Å². The number of thiazole rings is 1. The number of aryl methyl sites for hydroxylation is 1. The maximum absolute atomic E-state index is 12.0. The summed E-state index contributed by atoms with van der Waals surface area (Å²) in [4.78, 5) is 27.2. The number of carbonyl (C=O) groups is 2. The number of furan rings is 1. The quantitative estimate of drug-likeness (QED) is 0.885. The summed E-state index contributed by atoms with van der Waals surface area (Å²) < 4.78 is 5.45. The molecule has 0 radical (unpaired) electrons. The first kappa shape index (κ1) is 15.2. The Kier molecular flexibility index (Phi) is 4.13. The molecule has 1 amide bonds. The van der Waals surface area contributed by atoms with Crippen molar-refractivity contribution in [1.29, 1.82) is 0 Å². The maximum atomic E-state index is 12.0. The van der Waals surface area contributed by atoms with Crippen molar-refractivity contribution in [2.24, 2.45) is 5.41 Å². The molecule has 7 heteroatoms. The number of hydrogen-bond donors (Lipinski definition) is 2. The summed E-state index contributed by atoms with van der Waals surface area (Å²) in [5.41, 5.74) is -0.766. The highest BCUT2D eigenvalue weighted by Crippen LogP contribution is 2.25. The highest BCUT2D eigenvalue weighted by atomic mass is 32.1. The van der Waals surface area contributed by atoms with Gasteiger partial charge in [-0.25, -0.2) is 4.98 Å². The van der Waals surface area contributed by atoms with Crippen LogP contribution in [-0.4, -0.2) is 28.5 Å². The molecular formula is C14H16N2O4S. The van der Waals surface area contributed by atoms with Crippen LogP contribution >= 0.6 is 11.3 Å². The number of nitrogens with zero attached hydrogens (tertiary/aromatic N) is 1. The van der Waals surface area contributed by atoms with Gasteiger partial charge in [-0.15, -0.1) is 11.3 Å². The Morgan fingerprint density at radius 3 is 2.71 bits per heavy atom. The van der Waals surface area contributed by atoms with Gasteiger partial charge in [0.25, 0.3) is 5.91 Å². The Bertz CT molecular complexity index is 672. The molecule has 2 heterocycles. The van der Waals surface area contributed by atoms with Gasteiger partial charge in [-0.3, -0.25) is 9.59 Å². The zero-order valence-corrected chi connectivity index (χ0v) is 12.8. The van der Waals surface area contributed by atoms with E-state index >= 15 is 0 Å². The molecular weight excluding hydrogens is 292 g/mol. The molecule has 2 aromatic heterocycles. The van der Waals surface area contributed by atoms with Gasteiger partial charge in [-0.2, -0.15) is 0 Å². The van der Waals surface area contributed by atoms with Gasteiger partial charge in [0.05, 0.1) is 5.41 Å². The van der Waals surface area contributed by atoms with Crippen LogP contribution in [0.15, 0.2) is 21.9 Å². The second kappa shape index (κ2) is 5.69. The number of hydrogen-bond acceptors (Lipinski definition) is 5. The van der Waals surface area contributed by atoms with E-state index in [4.69, 9.17) is 9.52 Å². The Balaban J connectivity index is 2.04. The van der Waals surface area contributed by atoms with Gasteiger partial charge in [0.2, 0.25) is 0 Å². The summed E-state index contributed by atoms with van der Waals surface area (Å²) in [6.45, 7) is 4.97. The first-order valence-corrected chi connectivity index (χ1v) is 7.21. The molecule has 0 aliphatic rings. The molecule has 0 unspecified atom stereocenters. The van der Waals surface area contributed by atoms with Crippen molar-refractivity contribution in [3.05, 3.63) is 29.0 Å². The Hall–Kier alpha value is -2.15. The molecule has 6 nitrogen and oxygen atoms in total. The van der Waals surface area contributed by atoms with Gasteiger partial charge in [-0.1, -0.05) is 0 Å². The molecule has 0 bridgehead atoms. The smallest absolute Gasteiger partial charge is 0.310 e. The van der Waals surface area contributed by atoms with E-state index in [1.165, 1.54) is 11.3 Å². The molecule has 21 heavy (non-hydrogen) atoms. The van der Waals surface area contributed by atoms with E-state index in [1.807, 2.05) is 13.0 Å². The van der Waals surface area contributed by atoms with E-state index in [-0.39, 0.29) is 12.2 Å². The van der Waals surface area contributed by atoms with Gasteiger partial charge in [0.1, 0.15) is 11.5 Å². The lowest BCUT2D eigenvalue weighted by Crippen LogP contribution is -2.39. The van der Waals surface area contributed by atoms with E-state index < -0.39 is 17.3 Å². The second-order valence-corrected chi connectivity index (χ2v) is 6.18. The summed E-state index contributed by atoms with van der Waals surface area (Å²) in [5.74, 6) is 0.0276. The third-order valence-corrected chi connectivity index (χ3v) is 3.81. The summed E-state index contributed by atoms with van der Waals surface area (Å²) in [6.07, 6.45) is 0. The molecule has 0 atom stereocenters. The standard InChI is InChI=1S/C14H16N2O4S/c1-8-4-5-10(20-8)12-16-9(6-21-12)11(17)15-7-14(2,3)13(18)19/h4-6H,7H2,1-3H3,(H,15,17)(H,18,19). The number of amides is 1. The summed E-state index contributed by atoms with van der Waals surface area (Å²) in [5, 5.41) is 13.8. The predicted molar refractivity (Wildman–Crippen MR) is 78.3 cm³/mol. The van der Waals surface area contributed by atoms with Crippen LogP contribution in [0.3, 0.4) is 0 Å². The fourth-order valence-electron chi connectivity index (χ4n) is 1.51. The van der Waals surface area contributed by atoms with Crippen molar-refractivity contribution in [3.8, 4) is 10.8 Å². The number of carbonyl (C=O) groups excluding carboxylic acids is 1. The molecule has 112 valence electrons. The van der Waals surface area contributed by atoms with Crippen LogP contribution in [0.25, 0.3) is 10.8 Å². The monoisotopic (exact) mass is 308 g/mol. The van der Waals surface area contributed by atoms with Gasteiger partial charge in [0.15, 0.2) is 10.8 Å². The molecule has 2 aromatic rings. The molecule has 0 aliphatic heterocycles. The predicted octanol–water partition coefficient (Wildman–Crippen LogP) is 2.55. The SMILES string of the molecule is Cc1ccc(-c2nc(C(=O)NCC(C)(C)C(=O)O)cs2)o1. The van der Waals surface area contributed by atoms with Crippen molar-refractivity contribution in [2.45, 2.75) is 20.8 Å². The normalized spacial score (nSPS) is 11.4. The number of aliphatic carboxylic acids is 1. The van der Waals surface area contributed by atoms with Gasteiger partial charge in [-0.05, 0) is 32.9 Å². The Labute approximate surface area is 125 Å². The maximum Gasteiger partial charge on any atom is 0.310 e. The molecule has 0 spiro atoms. The van der Waals surface area contributed by atoms with Crippen molar-refractivity contribution in [1.82, 2.24) is 10.3 Å². The number of aromatic nitrogens is 1. The topological polar surface area (TPSA) is 92.4 Å². The lowest BCUT2D eigenvalue weighted by atomic mass is 9.94. The lowest BCUT2D eigenvalue weighted by molar-refractivity contribution is -0.146. The second-order valence-electron chi connectivity index (χ2n) is 5.32. The zero-order valence-electron chi connectivity index (χ0n) is 12.0. The molecule has 0 saturated carbocycles. The van der Waals surface area contributed by atoms with Crippen molar-refractivity contribution in [2.75, 3.05) is 6.54 Å². The van der Waals surface area contributed by atoms with E-state index in [0.717, 1.165) is 5.76 Å². The molecule has 0 aliphatic carbocycles. The summed E-state index contributed by atoms with van der Waals surface area (Å²) >= 11 is 1.30. The minimum absolute atomic E-state index is 0.0356. The van der Waals surface area contributed by atoms with E-state index in [9.17, 15) is 9.59 Å². The number of nitrogens with one attached hydrogen (secondary N) is 1. The van der Waals surface area contributed by atoms with Crippen LogP contribution in [-0.2, 0) is 4.79 Å². The zero-order chi connectivity index (χ0) is 15.6. The lowest BCUT2D eigenvalue weighted by Gasteiger charge is -2.18. The molecule has 0 saturated heterocycles. The number of carboxylic acids is 1. The Morgan fingerprint density at radius 2 is 2.14 bits per heavy atom. The fraction of sp³-hybridized carbons (Fsp3) is 0.357. The molecule has 0 fully saturated rings. The summed E-state index contributed by atoms with van der Waals surface area (Å²) in [6, 6.07) is 3.62. The van der Waals surface area contributed by atoms with Crippen LogP contribution in [0, 0.1) is 12.3 Å². The van der Waals surface area contributed by atoms with Crippen molar-refractivity contribution in [3.63, 3.8) is 0 Å². The first-order chi connectivity index (χ1) is 9.79. The van der Waals surface area contributed by atoms with Gasteiger partial charge in [0, 0.05) is 11.9 Å². The largest absolute Gasteiger partial charge is 0.481 e. The highest BCUT2D eigenvalue weighted by molar-refractivity contribution is 7.13. The first-order valence-electron chi connectivity index (χ1n) is 6.33. The van der Waals surface area contributed by atoms with Crippen LogP contribution in [0.4, 0.5) is 0 Å². The molecule has 0 aromatic carbocycles. The van der Waals surface area contributed by atoms with Crippen LogP contribution in [0.1, 0.15) is 30.1 Å². The summed E-state index contributed by atoms with van der Waals surface area (Å²) in [7, 11) is 0. The van der Waals surface area contributed by atoms with E-state index in [0.29, 0.717) is 10.8 Å². The Morgan fingerprint density at radius 1 is 1.43 bits per heavy atom.